The number of rotatable bonds is 37. The first-order valence-corrected chi connectivity index (χ1v) is 28.9. The molecule has 3 N–H and O–H groups in total. The number of methoxy groups -OCH3 is 3. The van der Waals surface area contributed by atoms with E-state index in [4.69, 9.17) is 14.2 Å². The van der Waals surface area contributed by atoms with E-state index in [-0.39, 0.29) is 57.2 Å². The number of aliphatic hydroxyl groups is 2. The van der Waals surface area contributed by atoms with E-state index >= 15 is 0 Å². The molecule has 0 heterocycles. The van der Waals surface area contributed by atoms with E-state index in [1.165, 1.54) is 87.3 Å². The fourth-order valence-electron chi connectivity index (χ4n) is 10.5. The molecule has 1 rings (SSSR count). The third-order valence-corrected chi connectivity index (χ3v) is 16.2. The monoisotopic (exact) mass is 1170 g/mol. The van der Waals surface area contributed by atoms with Crippen LogP contribution in [-0.2, 0) is 63.8 Å². The zero-order valence-corrected chi connectivity index (χ0v) is 53.5. The van der Waals surface area contributed by atoms with Crippen molar-refractivity contribution in [2.75, 3.05) is 76.8 Å². The summed E-state index contributed by atoms with van der Waals surface area (Å²) in [7, 11) is 12.4. The number of nitrogens with zero attached hydrogens (tertiary/aromatic N) is 6. The van der Waals surface area contributed by atoms with Crippen molar-refractivity contribution < 1.29 is 77.5 Å². The highest BCUT2D eigenvalue weighted by Crippen LogP contribution is 2.32. The molecule has 472 valence electrons. The molecule has 13 unspecified atom stereocenters. The first kappa shape index (κ1) is 75.2. The van der Waals surface area contributed by atoms with Gasteiger partial charge in [-0.15, -0.1) is 0 Å². The van der Waals surface area contributed by atoms with Gasteiger partial charge in [0.05, 0.1) is 32.5 Å². The van der Waals surface area contributed by atoms with Crippen molar-refractivity contribution in [1.82, 2.24) is 29.4 Å². The summed E-state index contributed by atoms with van der Waals surface area (Å²) in [6, 6.07) is -0.681. The van der Waals surface area contributed by atoms with E-state index in [1.54, 1.807) is 52.0 Å². The molecule has 0 aliphatic carbocycles. The van der Waals surface area contributed by atoms with Gasteiger partial charge < -0.3 is 58.9 Å². The Hall–Kier alpha value is -5.84. The van der Waals surface area contributed by atoms with Gasteiger partial charge in [-0.05, 0) is 74.5 Å². The number of aliphatic carboxylic acids is 1. The van der Waals surface area contributed by atoms with Gasteiger partial charge in [0.25, 0.3) is 5.91 Å². The summed E-state index contributed by atoms with van der Waals surface area (Å²) >= 11 is 0. The number of likely N-dealkylation sites (N-methyl/N-ethyl adjacent to an activating group) is 6. The fraction of sp³-hybridized carbons (Fsp3) is 0.738. The van der Waals surface area contributed by atoms with Crippen molar-refractivity contribution in [1.29, 1.82) is 0 Å². The van der Waals surface area contributed by atoms with Crippen molar-refractivity contribution in [2.45, 2.75) is 170 Å². The lowest BCUT2D eigenvalue weighted by atomic mass is 9.74. The van der Waals surface area contributed by atoms with E-state index in [0.717, 1.165) is 19.6 Å². The summed E-state index contributed by atoms with van der Waals surface area (Å²) in [5.74, 6) is -11.2. The Kier molecular flexibility index (Phi) is 31.5. The lowest BCUT2D eigenvalue weighted by Gasteiger charge is -2.40. The minimum absolute atomic E-state index is 0.0934. The molecular formula is C61H102N6O16. The molecule has 22 heteroatoms. The van der Waals surface area contributed by atoms with Crippen molar-refractivity contribution in [2.24, 2.45) is 47.3 Å². The Labute approximate surface area is 493 Å². The molecule has 1 aromatic carbocycles. The summed E-state index contributed by atoms with van der Waals surface area (Å²) in [4.78, 5) is 148. The van der Waals surface area contributed by atoms with E-state index in [2.05, 4.69) is 0 Å². The van der Waals surface area contributed by atoms with Gasteiger partial charge in [0, 0.05) is 93.0 Å². The average molecular weight is 1180 g/mol. The molecule has 0 aliphatic heterocycles. The Morgan fingerprint density at radius 1 is 0.530 bits per heavy atom. The van der Waals surface area contributed by atoms with Crippen LogP contribution >= 0.6 is 0 Å². The first-order valence-electron chi connectivity index (χ1n) is 28.9. The Morgan fingerprint density at radius 2 is 1.00 bits per heavy atom. The van der Waals surface area contributed by atoms with Crippen LogP contribution in [-0.4, -0.2) is 229 Å². The molecule has 0 aliphatic rings. The van der Waals surface area contributed by atoms with Gasteiger partial charge in [0.2, 0.25) is 29.5 Å². The minimum atomic E-state index is -1.60. The van der Waals surface area contributed by atoms with Gasteiger partial charge in [-0.25, -0.2) is 4.79 Å². The summed E-state index contributed by atoms with van der Waals surface area (Å²) in [5.41, 5.74) is 0.702. The van der Waals surface area contributed by atoms with Crippen LogP contribution in [0.15, 0.2) is 24.3 Å². The van der Waals surface area contributed by atoms with E-state index < -0.39 is 143 Å². The van der Waals surface area contributed by atoms with Crippen molar-refractivity contribution in [3.63, 3.8) is 0 Å². The average Bonchev–Trinajstić information content (AvgIpc) is 3.49. The second-order valence-electron chi connectivity index (χ2n) is 23.9. The number of Topliss-reactive ketones (excluding diaryl/α,β-unsaturated/α-hetero) is 3. The number of hydrogen-bond acceptors (Lipinski definition) is 15. The van der Waals surface area contributed by atoms with Gasteiger partial charge in [-0.1, -0.05) is 87.8 Å². The summed E-state index contributed by atoms with van der Waals surface area (Å²) in [6.45, 7) is 19.6. The van der Waals surface area contributed by atoms with Crippen molar-refractivity contribution in [3.05, 3.63) is 29.8 Å². The highest BCUT2D eigenvalue weighted by Gasteiger charge is 2.45. The number of carboxylic acid groups (broad SMARTS) is 1. The van der Waals surface area contributed by atoms with Crippen LogP contribution in [0.2, 0.25) is 0 Å². The van der Waals surface area contributed by atoms with Crippen LogP contribution in [0.25, 0.3) is 0 Å². The molecular weight excluding hydrogens is 1070 g/mol. The number of benzene rings is 1. The molecule has 0 aromatic heterocycles. The van der Waals surface area contributed by atoms with E-state index in [9.17, 15) is 63.3 Å². The van der Waals surface area contributed by atoms with Gasteiger partial charge in [0.15, 0.2) is 11.6 Å². The van der Waals surface area contributed by atoms with Crippen molar-refractivity contribution in [3.8, 4) is 5.75 Å². The Bertz CT molecular complexity index is 2330. The number of amides is 6. The van der Waals surface area contributed by atoms with Crippen LogP contribution in [0.4, 0.5) is 0 Å². The molecule has 1 aromatic rings. The van der Waals surface area contributed by atoms with E-state index in [0.29, 0.717) is 17.7 Å². The maximum Gasteiger partial charge on any atom is 0.326 e. The van der Waals surface area contributed by atoms with Gasteiger partial charge in [-0.3, -0.25) is 43.2 Å². The van der Waals surface area contributed by atoms with Gasteiger partial charge in [0.1, 0.15) is 47.8 Å². The quantitative estimate of drug-likeness (QED) is 0.0845. The number of ether oxygens (including phenoxy) is 3. The molecule has 6 amide bonds. The number of carboxylic acids is 1. The molecule has 0 saturated heterocycles. The minimum Gasteiger partial charge on any atom is -0.497 e. The van der Waals surface area contributed by atoms with Crippen LogP contribution in [0, 0.1) is 47.3 Å². The summed E-state index contributed by atoms with van der Waals surface area (Å²) < 4.78 is 16.1. The zero-order chi connectivity index (χ0) is 64.2. The lowest BCUT2D eigenvalue weighted by Crippen LogP contribution is -2.62. The normalized spacial score (nSPS) is 16.4. The predicted molar refractivity (Wildman–Crippen MR) is 314 cm³/mol. The fourth-order valence-corrected chi connectivity index (χ4v) is 10.5. The third-order valence-electron chi connectivity index (χ3n) is 16.2. The van der Waals surface area contributed by atoms with Crippen LogP contribution in [0.1, 0.15) is 121 Å². The predicted octanol–water partition coefficient (Wildman–Crippen LogP) is 4.13. The second kappa shape index (κ2) is 34.8. The number of hydrogen-bond donors (Lipinski definition) is 3. The highest BCUT2D eigenvalue weighted by atomic mass is 16.5. The summed E-state index contributed by atoms with van der Waals surface area (Å²) in [5, 5.41) is 31.6. The van der Waals surface area contributed by atoms with Crippen LogP contribution < -0.4 is 4.74 Å². The topological polar surface area (TPSA) is 279 Å². The molecule has 13 atom stereocenters. The molecule has 22 nitrogen and oxygen atoms in total. The molecule has 0 saturated carbocycles. The largest absolute Gasteiger partial charge is 0.497 e. The Balaban J connectivity index is 3.64. The maximum absolute atomic E-state index is 14.9. The number of carbonyl (C=O) groups excluding carboxylic acids is 9. The second-order valence-corrected chi connectivity index (χ2v) is 23.9. The van der Waals surface area contributed by atoms with E-state index in [1.807, 2.05) is 41.5 Å². The molecule has 0 spiro atoms. The number of ketones is 3. The van der Waals surface area contributed by atoms with Gasteiger partial charge in [-0.2, -0.15) is 0 Å². The summed E-state index contributed by atoms with van der Waals surface area (Å²) in [6.07, 6.45) is -2.70. The first-order chi connectivity index (χ1) is 38.5. The highest BCUT2D eigenvalue weighted by molar-refractivity contribution is 5.99. The number of aliphatic hydroxyl groups excluding tert-OH is 2. The van der Waals surface area contributed by atoms with Crippen molar-refractivity contribution >= 4 is 58.8 Å². The SMILES string of the molecule is CCC(C)C(C(=O)CC(C)C(=O)N(C)C(CC(C)C)C(=O)CC(Cc1ccc(OC)cc1)C(=O)N(C)C(C)C(=O)O)C(C)C(=O)C(COC)N(C)C(=O)C(C(C)O)N(C)C(=O)C(CC(C)C)N(C)C(=O)C(COC)N(C)C(=O)C(O)C(C)C. The maximum atomic E-state index is 14.9. The smallest absolute Gasteiger partial charge is 0.326 e. The number of carbonyl (C=O) groups is 10. The standard InChI is InChI=1S/C61H102N6O16/c1-22-37(8)51(50(70)29-38(9)55(73)63(14)45(27-34(2)3)49(69)31-43(56(74)62(13)40(11)61(79)80)30-42-23-25-44(83-21)26-24-42)39(10)54(72)47(32-81-19)65(16)59(77)52(41(12)68)67(18)57(75)46(28-35(4)5)64(15)58(76)48(33-82-20)66(17)60(78)53(71)36(6)7/h23-26,34-41,43,45-48,51-53,68,71H,22,27-33H2,1-21H3,(H,79,80). The zero-order valence-electron chi connectivity index (χ0n) is 53.5. The lowest BCUT2D eigenvalue weighted by molar-refractivity contribution is -0.159. The molecule has 0 fully saturated rings. The van der Waals surface area contributed by atoms with Gasteiger partial charge >= 0.3 is 5.97 Å². The molecule has 0 radical (unpaired) electrons. The third kappa shape index (κ3) is 20.7. The molecule has 83 heavy (non-hydrogen) atoms. The Morgan fingerprint density at radius 3 is 1.46 bits per heavy atom. The van der Waals surface area contributed by atoms with Crippen LogP contribution in [0.3, 0.4) is 0 Å². The molecule has 0 bridgehead atoms. The van der Waals surface area contributed by atoms with Crippen LogP contribution in [0.5, 0.6) is 5.75 Å².